The van der Waals surface area contributed by atoms with Crippen molar-refractivity contribution in [2.75, 3.05) is 6.26 Å². The van der Waals surface area contributed by atoms with Gasteiger partial charge in [-0.1, -0.05) is 11.8 Å². The van der Waals surface area contributed by atoms with E-state index < -0.39 is 5.69 Å². The number of imidazole rings is 1. The lowest BCUT2D eigenvalue weighted by Crippen LogP contribution is -2.33. The predicted molar refractivity (Wildman–Crippen MR) is 58.4 cm³/mol. The average Bonchev–Trinajstić information content (AvgIpc) is 2.52. The van der Waals surface area contributed by atoms with Gasteiger partial charge in [-0.25, -0.2) is 9.78 Å². The first-order valence-corrected chi connectivity index (χ1v) is 5.48. The van der Waals surface area contributed by atoms with Crippen LogP contribution >= 0.6 is 11.8 Å². The van der Waals surface area contributed by atoms with Gasteiger partial charge in [0.15, 0.2) is 16.3 Å². The largest absolute Gasteiger partial charge is 0.329 e. The summed E-state index contributed by atoms with van der Waals surface area (Å²) in [5.74, 6) is 0. The zero-order valence-electron chi connectivity index (χ0n) is 8.57. The number of rotatable bonds is 1. The van der Waals surface area contributed by atoms with Crippen molar-refractivity contribution >= 4 is 22.9 Å². The smallest absolute Gasteiger partial charge is 0.316 e. The highest BCUT2D eigenvalue weighted by Gasteiger charge is 2.12. The van der Waals surface area contributed by atoms with Crippen LogP contribution in [-0.2, 0) is 14.1 Å². The Bertz CT molecular complexity index is 636. The molecule has 0 saturated carbocycles. The van der Waals surface area contributed by atoms with Crippen LogP contribution in [0.4, 0.5) is 0 Å². The first-order chi connectivity index (χ1) is 7.06. The van der Waals surface area contributed by atoms with Gasteiger partial charge >= 0.3 is 5.69 Å². The summed E-state index contributed by atoms with van der Waals surface area (Å²) < 4.78 is 2.71. The number of nitrogens with one attached hydrogen (secondary N) is 1. The highest BCUT2D eigenvalue weighted by molar-refractivity contribution is 7.98. The molecule has 7 heteroatoms. The lowest BCUT2D eigenvalue weighted by molar-refractivity contribution is 0.772. The number of thioether (sulfide) groups is 1. The van der Waals surface area contributed by atoms with Gasteiger partial charge in [0.05, 0.1) is 0 Å². The van der Waals surface area contributed by atoms with Crippen LogP contribution in [0, 0.1) is 0 Å². The quantitative estimate of drug-likeness (QED) is 0.676. The Morgan fingerprint density at radius 1 is 1.27 bits per heavy atom. The molecule has 0 unspecified atom stereocenters. The Kier molecular flexibility index (Phi) is 2.18. The van der Waals surface area contributed by atoms with Crippen molar-refractivity contribution in [3.63, 3.8) is 0 Å². The van der Waals surface area contributed by atoms with Gasteiger partial charge < -0.3 is 4.57 Å². The number of hydrogen-bond acceptors (Lipinski definition) is 4. The standard InChI is InChI=1S/C8H10N4O2S/c1-11-4-5(10-8(11)15-3)9-7(14)12(2)6(4)13/h1-3H3,(H,9,14). The van der Waals surface area contributed by atoms with Crippen LogP contribution in [0.15, 0.2) is 14.7 Å². The predicted octanol–water partition coefficient (Wildman–Crippen LogP) is -0.318. The molecule has 2 heterocycles. The highest BCUT2D eigenvalue weighted by Crippen LogP contribution is 2.15. The zero-order valence-corrected chi connectivity index (χ0v) is 9.38. The van der Waals surface area contributed by atoms with Crippen molar-refractivity contribution in [2.24, 2.45) is 14.1 Å². The highest BCUT2D eigenvalue weighted by atomic mass is 32.2. The van der Waals surface area contributed by atoms with Gasteiger partial charge in [0.2, 0.25) is 0 Å². The monoisotopic (exact) mass is 226 g/mol. The molecule has 2 rings (SSSR count). The van der Waals surface area contributed by atoms with Crippen molar-refractivity contribution in [3.05, 3.63) is 20.8 Å². The minimum atomic E-state index is -0.446. The molecule has 0 aliphatic heterocycles. The Labute approximate surface area is 88.9 Å². The number of aryl methyl sites for hydroxylation is 1. The second kappa shape index (κ2) is 3.27. The molecule has 6 nitrogen and oxygen atoms in total. The maximum Gasteiger partial charge on any atom is 0.329 e. The van der Waals surface area contributed by atoms with E-state index in [1.807, 2.05) is 6.26 Å². The van der Waals surface area contributed by atoms with Gasteiger partial charge in [-0.3, -0.25) is 14.3 Å². The van der Waals surface area contributed by atoms with E-state index in [0.29, 0.717) is 16.3 Å². The Morgan fingerprint density at radius 3 is 2.53 bits per heavy atom. The summed E-state index contributed by atoms with van der Waals surface area (Å²) >= 11 is 1.42. The Morgan fingerprint density at radius 2 is 1.93 bits per heavy atom. The topological polar surface area (TPSA) is 72.7 Å². The second-order valence-corrected chi connectivity index (χ2v) is 3.92. The first-order valence-electron chi connectivity index (χ1n) is 4.26. The van der Waals surface area contributed by atoms with Gasteiger partial charge in [-0.2, -0.15) is 0 Å². The number of aromatic nitrogens is 4. The molecule has 0 spiro atoms. The molecule has 0 radical (unpaired) electrons. The lowest BCUT2D eigenvalue weighted by atomic mass is 10.5. The minimum absolute atomic E-state index is 0.330. The van der Waals surface area contributed by atoms with Crippen LogP contribution < -0.4 is 11.2 Å². The fourth-order valence-corrected chi connectivity index (χ4v) is 1.98. The van der Waals surface area contributed by atoms with E-state index in [9.17, 15) is 9.59 Å². The van der Waals surface area contributed by atoms with Crippen LogP contribution in [0.5, 0.6) is 0 Å². The maximum atomic E-state index is 11.8. The summed E-state index contributed by atoms with van der Waals surface area (Å²) in [4.78, 5) is 29.8. The van der Waals surface area contributed by atoms with Crippen molar-refractivity contribution in [3.8, 4) is 0 Å². The molecule has 0 bridgehead atoms. The normalized spacial score (nSPS) is 11.1. The van der Waals surface area contributed by atoms with Crippen molar-refractivity contribution in [2.45, 2.75) is 5.16 Å². The molecule has 0 aliphatic rings. The van der Waals surface area contributed by atoms with Crippen LogP contribution in [0.1, 0.15) is 0 Å². The van der Waals surface area contributed by atoms with E-state index in [1.165, 1.54) is 18.8 Å². The number of aromatic amines is 1. The Hall–Kier alpha value is -1.50. The van der Waals surface area contributed by atoms with Crippen LogP contribution in [0.2, 0.25) is 0 Å². The first kappa shape index (κ1) is 10.0. The van der Waals surface area contributed by atoms with Gasteiger partial charge in [0.25, 0.3) is 5.56 Å². The SMILES string of the molecule is CSc1nc2[nH]c(=O)n(C)c(=O)c2n1C. The maximum absolute atomic E-state index is 11.8. The van der Waals surface area contributed by atoms with Crippen molar-refractivity contribution < 1.29 is 0 Å². The zero-order chi connectivity index (χ0) is 11.2. The molecule has 80 valence electrons. The lowest BCUT2D eigenvalue weighted by Gasteiger charge is -1.98. The second-order valence-electron chi connectivity index (χ2n) is 3.15. The van der Waals surface area contributed by atoms with Crippen LogP contribution in [0.25, 0.3) is 11.2 Å². The van der Waals surface area contributed by atoms with Gasteiger partial charge in [0, 0.05) is 14.1 Å². The fraction of sp³-hybridized carbons (Fsp3) is 0.375. The molecule has 0 amide bonds. The van der Waals surface area contributed by atoms with Crippen molar-refractivity contribution in [1.82, 2.24) is 19.1 Å². The summed E-state index contributed by atoms with van der Waals surface area (Å²) in [6.07, 6.45) is 1.86. The van der Waals surface area contributed by atoms with E-state index in [0.717, 1.165) is 4.57 Å². The summed E-state index contributed by atoms with van der Waals surface area (Å²) in [6, 6.07) is 0. The van der Waals surface area contributed by atoms with E-state index in [1.54, 1.807) is 11.6 Å². The average molecular weight is 226 g/mol. The fourth-order valence-electron chi connectivity index (χ4n) is 1.43. The molecule has 0 aliphatic carbocycles. The van der Waals surface area contributed by atoms with Gasteiger partial charge in [-0.05, 0) is 6.26 Å². The molecule has 0 saturated heterocycles. The molecule has 0 aromatic carbocycles. The molecule has 1 N–H and O–H groups in total. The summed E-state index contributed by atoms with van der Waals surface area (Å²) in [7, 11) is 3.19. The third-order valence-corrected chi connectivity index (χ3v) is 3.00. The third kappa shape index (κ3) is 1.30. The minimum Gasteiger partial charge on any atom is -0.316 e. The summed E-state index contributed by atoms with van der Waals surface area (Å²) in [6.45, 7) is 0. The van der Waals surface area contributed by atoms with Gasteiger partial charge in [0.1, 0.15) is 0 Å². The van der Waals surface area contributed by atoms with E-state index in [4.69, 9.17) is 0 Å². The van der Waals surface area contributed by atoms with Crippen LogP contribution in [0.3, 0.4) is 0 Å². The van der Waals surface area contributed by atoms with E-state index in [-0.39, 0.29) is 5.56 Å². The molecular formula is C8H10N4O2S. The number of H-pyrrole nitrogens is 1. The summed E-state index contributed by atoms with van der Waals surface area (Å²) in [5.41, 5.74) is -0.0151. The van der Waals surface area contributed by atoms with Gasteiger partial charge in [-0.15, -0.1) is 0 Å². The molecular weight excluding hydrogens is 216 g/mol. The molecule has 0 atom stereocenters. The number of hydrogen-bond donors (Lipinski definition) is 1. The molecule has 0 fully saturated rings. The van der Waals surface area contributed by atoms with Crippen LogP contribution in [-0.4, -0.2) is 25.4 Å². The molecule has 2 aromatic heterocycles. The molecule has 2 aromatic rings. The molecule has 15 heavy (non-hydrogen) atoms. The van der Waals surface area contributed by atoms with Crippen molar-refractivity contribution in [1.29, 1.82) is 0 Å². The summed E-state index contributed by atoms with van der Waals surface area (Å²) in [5, 5.41) is 0.698. The Balaban J connectivity index is 3.04. The van der Waals surface area contributed by atoms with E-state index >= 15 is 0 Å². The number of nitrogens with zero attached hydrogens (tertiary/aromatic N) is 3. The van der Waals surface area contributed by atoms with E-state index in [2.05, 4.69) is 9.97 Å². The third-order valence-electron chi connectivity index (χ3n) is 2.27. The number of fused-ring (bicyclic) bond motifs is 1.